The van der Waals surface area contributed by atoms with Gasteiger partial charge in [-0.15, -0.1) is 0 Å². The quantitative estimate of drug-likeness (QED) is 0.770. The van der Waals surface area contributed by atoms with Crippen molar-refractivity contribution in [2.75, 3.05) is 6.61 Å². The molecular weight excluding hydrogens is 326 g/mol. The molecule has 0 saturated carbocycles. The van der Waals surface area contributed by atoms with Gasteiger partial charge in [0, 0.05) is 5.56 Å². The largest absolute Gasteiger partial charge is 0.449 e. The number of carbonyl (C=O) groups is 1. The molecule has 1 N–H and O–H groups in total. The van der Waals surface area contributed by atoms with Crippen LogP contribution >= 0.6 is 0 Å². The van der Waals surface area contributed by atoms with Crippen LogP contribution in [0.3, 0.4) is 0 Å². The molecule has 1 amide bonds. The Morgan fingerprint density at radius 3 is 2.38 bits per heavy atom. The first-order valence-corrected chi connectivity index (χ1v) is 9.37. The van der Waals surface area contributed by atoms with E-state index in [4.69, 9.17) is 4.74 Å². The van der Waals surface area contributed by atoms with E-state index >= 15 is 0 Å². The van der Waals surface area contributed by atoms with Crippen molar-refractivity contribution < 1.29 is 17.9 Å². The van der Waals surface area contributed by atoms with Crippen LogP contribution in [0.5, 0.6) is 0 Å². The van der Waals surface area contributed by atoms with Gasteiger partial charge in [-0.05, 0) is 18.1 Å². The summed E-state index contributed by atoms with van der Waals surface area (Å²) in [5, 5.41) is 0. The monoisotopic (exact) mass is 347 g/mol. The average Bonchev–Trinajstić information content (AvgIpc) is 2.59. The van der Waals surface area contributed by atoms with Crippen molar-refractivity contribution in [3.05, 3.63) is 54.6 Å². The van der Waals surface area contributed by atoms with E-state index in [0.717, 1.165) is 18.4 Å². The number of ether oxygens (including phenoxy) is 1. The van der Waals surface area contributed by atoms with Crippen LogP contribution in [-0.2, 0) is 14.8 Å². The van der Waals surface area contributed by atoms with Crippen molar-refractivity contribution in [3.63, 3.8) is 0 Å². The van der Waals surface area contributed by atoms with Crippen LogP contribution in [-0.4, -0.2) is 21.1 Å². The third kappa shape index (κ3) is 4.83. The molecule has 0 aliphatic rings. The van der Waals surface area contributed by atoms with Gasteiger partial charge >= 0.3 is 6.09 Å². The predicted octanol–water partition coefficient (Wildman–Crippen LogP) is 3.96. The number of sulfonamides is 1. The van der Waals surface area contributed by atoms with E-state index in [1.165, 1.54) is 6.07 Å². The second kappa shape index (κ2) is 8.49. The molecule has 0 atom stereocenters. The molecule has 0 spiro atoms. The molecule has 24 heavy (non-hydrogen) atoms. The molecule has 0 unspecified atom stereocenters. The molecule has 2 rings (SSSR count). The lowest BCUT2D eigenvalue weighted by Crippen LogP contribution is -2.31. The van der Waals surface area contributed by atoms with Crippen LogP contribution in [0.1, 0.15) is 26.2 Å². The summed E-state index contributed by atoms with van der Waals surface area (Å²) in [6, 6.07) is 15.7. The van der Waals surface area contributed by atoms with Gasteiger partial charge in [0.2, 0.25) is 0 Å². The number of benzene rings is 2. The molecule has 2 aromatic rings. The molecule has 0 bridgehead atoms. The van der Waals surface area contributed by atoms with Gasteiger partial charge in [-0.3, -0.25) is 0 Å². The molecular formula is C18H21NO4S. The van der Waals surface area contributed by atoms with Gasteiger partial charge in [0.15, 0.2) is 0 Å². The second-order valence-corrected chi connectivity index (χ2v) is 6.96. The highest BCUT2D eigenvalue weighted by molar-refractivity contribution is 7.90. The molecule has 0 saturated heterocycles. The predicted molar refractivity (Wildman–Crippen MR) is 93.1 cm³/mol. The fourth-order valence-electron chi connectivity index (χ4n) is 2.27. The summed E-state index contributed by atoms with van der Waals surface area (Å²) in [6.45, 7) is 2.24. The van der Waals surface area contributed by atoms with Crippen molar-refractivity contribution >= 4 is 16.1 Å². The Balaban J connectivity index is 2.17. The van der Waals surface area contributed by atoms with Crippen LogP contribution in [0.2, 0.25) is 0 Å². The number of unbranched alkanes of at least 4 members (excludes halogenated alkanes) is 2. The van der Waals surface area contributed by atoms with Crippen molar-refractivity contribution in [1.29, 1.82) is 0 Å². The summed E-state index contributed by atoms with van der Waals surface area (Å²) in [4.78, 5) is 11.8. The van der Waals surface area contributed by atoms with E-state index in [-0.39, 0.29) is 11.5 Å². The third-order valence-electron chi connectivity index (χ3n) is 3.46. The highest BCUT2D eigenvalue weighted by Gasteiger charge is 2.22. The lowest BCUT2D eigenvalue weighted by Gasteiger charge is -2.12. The highest BCUT2D eigenvalue weighted by Crippen LogP contribution is 2.26. The number of amides is 1. The summed E-state index contributed by atoms with van der Waals surface area (Å²) in [5.41, 5.74) is 1.29. The maximum atomic E-state index is 12.5. The number of hydrogen-bond acceptors (Lipinski definition) is 4. The molecule has 128 valence electrons. The van der Waals surface area contributed by atoms with E-state index in [1.807, 2.05) is 42.0 Å². The van der Waals surface area contributed by atoms with Crippen LogP contribution in [0.4, 0.5) is 4.79 Å². The van der Waals surface area contributed by atoms with Crippen molar-refractivity contribution in [3.8, 4) is 11.1 Å². The first-order valence-electron chi connectivity index (χ1n) is 7.88. The highest BCUT2D eigenvalue weighted by atomic mass is 32.2. The minimum Gasteiger partial charge on any atom is -0.449 e. The molecule has 0 fully saturated rings. The van der Waals surface area contributed by atoms with E-state index in [1.54, 1.807) is 18.2 Å². The van der Waals surface area contributed by atoms with E-state index < -0.39 is 16.1 Å². The molecule has 5 nitrogen and oxygen atoms in total. The minimum atomic E-state index is -4.01. The fraction of sp³-hybridized carbons (Fsp3) is 0.278. The molecule has 2 aromatic carbocycles. The second-order valence-electron chi connectivity index (χ2n) is 5.31. The van der Waals surface area contributed by atoms with Crippen molar-refractivity contribution in [2.24, 2.45) is 0 Å². The summed E-state index contributed by atoms with van der Waals surface area (Å²) in [7, 11) is -4.01. The summed E-state index contributed by atoms with van der Waals surface area (Å²) >= 11 is 0. The number of hydrogen-bond donors (Lipinski definition) is 1. The lowest BCUT2D eigenvalue weighted by molar-refractivity contribution is 0.150. The van der Waals surface area contributed by atoms with Gasteiger partial charge < -0.3 is 4.74 Å². The van der Waals surface area contributed by atoms with Crippen LogP contribution in [0.15, 0.2) is 59.5 Å². The number of nitrogens with one attached hydrogen (secondary N) is 1. The van der Waals surface area contributed by atoms with Crippen LogP contribution in [0.25, 0.3) is 11.1 Å². The van der Waals surface area contributed by atoms with Gasteiger partial charge in [-0.1, -0.05) is 68.3 Å². The Bertz CT molecular complexity index is 773. The Labute approximate surface area is 142 Å². The summed E-state index contributed by atoms with van der Waals surface area (Å²) < 4.78 is 31.9. The van der Waals surface area contributed by atoms with Crippen molar-refractivity contribution in [2.45, 2.75) is 31.1 Å². The third-order valence-corrected chi connectivity index (χ3v) is 4.83. The topological polar surface area (TPSA) is 72.5 Å². The zero-order valence-electron chi connectivity index (χ0n) is 13.6. The maximum Gasteiger partial charge on any atom is 0.421 e. The SMILES string of the molecule is CCCCCOC(=O)NS(=O)(=O)c1ccccc1-c1ccccc1. The zero-order chi connectivity index (χ0) is 17.4. The number of rotatable bonds is 7. The first-order chi connectivity index (χ1) is 11.5. The van der Waals surface area contributed by atoms with Gasteiger partial charge in [0.1, 0.15) is 0 Å². The summed E-state index contributed by atoms with van der Waals surface area (Å²) in [5.74, 6) is 0. The van der Waals surface area contributed by atoms with E-state index in [0.29, 0.717) is 12.0 Å². The van der Waals surface area contributed by atoms with Gasteiger partial charge in [0.05, 0.1) is 11.5 Å². The van der Waals surface area contributed by atoms with Crippen LogP contribution in [0, 0.1) is 0 Å². The zero-order valence-corrected chi connectivity index (χ0v) is 14.4. The number of carbonyl (C=O) groups excluding carboxylic acids is 1. The van der Waals surface area contributed by atoms with E-state index in [9.17, 15) is 13.2 Å². The van der Waals surface area contributed by atoms with E-state index in [2.05, 4.69) is 0 Å². The molecule has 0 radical (unpaired) electrons. The smallest absolute Gasteiger partial charge is 0.421 e. The Hall–Kier alpha value is -2.34. The fourth-order valence-corrected chi connectivity index (χ4v) is 3.39. The Morgan fingerprint density at radius 1 is 1.00 bits per heavy atom. The van der Waals surface area contributed by atoms with Crippen molar-refractivity contribution in [1.82, 2.24) is 4.72 Å². The Morgan fingerprint density at radius 2 is 1.67 bits per heavy atom. The molecule has 0 aliphatic heterocycles. The van der Waals surface area contributed by atoms with Gasteiger partial charge in [0.25, 0.3) is 10.0 Å². The van der Waals surface area contributed by atoms with Gasteiger partial charge in [-0.25, -0.2) is 17.9 Å². The molecule has 0 heterocycles. The molecule has 0 aliphatic carbocycles. The normalized spacial score (nSPS) is 11.0. The van der Waals surface area contributed by atoms with Crippen LogP contribution < -0.4 is 4.72 Å². The summed E-state index contributed by atoms with van der Waals surface area (Å²) in [6.07, 6.45) is 1.68. The van der Waals surface area contributed by atoms with Gasteiger partial charge in [-0.2, -0.15) is 0 Å². The molecule has 0 aromatic heterocycles. The average molecular weight is 347 g/mol. The Kier molecular flexibility index (Phi) is 6.37. The molecule has 6 heteroatoms. The maximum absolute atomic E-state index is 12.5. The first kappa shape index (κ1) is 18.0. The minimum absolute atomic E-state index is 0.0432. The standard InChI is InChI=1S/C18H21NO4S/c1-2-3-9-14-23-18(20)19-24(21,22)17-13-8-7-12-16(17)15-10-5-4-6-11-15/h4-8,10-13H,2-3,9,14H2,1H3,(H,19,20). The lowest BCUT2D eigenvalue weighted by atomic mass is 10.1.